The van der Waals surface area contributed by atoms with Gasteiger partial charge in [-0.25, -0.2) is 4.79 Å². The van der Waals surface area contributed by atoms with E-state index in [-0.39, 0.29) is 5.97 Å². The summed E-state index contributed by atoms with van der Waals surface area (Å²) < 4.78 is 5.44. The van der Waals surface area contributed by atoms with Crippen LogP contribution in [-0.4, -0.2) is 5.97 Å². The first-order valence-electron chi connectivity index (χ1n) is 8.14. The van der Waals surface area contributed by atoms with Crippen molar-refractivity contribution >= 4 is 5.97 Å². The van der Waals surface area contributed by atoms with Crippen LogP contribution < -0.4 is 4.74 Å². The Morgan fingerprint density at radius 1 is 0.792 bits per heavy atom. The molecule has 3 aromatic rings. The van der Waals surface area contributed by atoms with Crippen LogP contribution in [-0.2, 0) is 6.42 Å². The number of esters is 1. The second kappa shape index (κ2) is 7.14. The Morgan fingerprint density at radius 2 is 1.33 bits per heavy atom. The molecule has 0 bridgehead atoms. The van der Waals surface area contributed by atoms with Crippen LogP contribution in [0.25, 0.3) is 11.1 Å². The van der Waals surface area contributed by atoms with Crippen LogP contribution in [0.5, 0.6) is 5.75 Å². The van der Waals surface area contributed by atoms with E-state index in [1.165, 1.54) is 11.1 Å². The predicted molar refractivity (Wildman–Crippen MR) is 97.4 cm³/mol. The molecule has 24 heavy (non-hydrogen) atoms. The molecule has 0 heterocycles. The average Bonchev–Trinajstić information content (AvgIpc) is 2.63. The van der Waals surface area contributed by atoms with Crippen molar-refractivity contribution < 1.29 is 9.53 Å². The van der Waals surface area contributed by atoms with E-state index >= 15 is 0 Å². The van der Waals surface area contributed by atoms with Crippen molar-refractivity contribution in [2.75, 3.05) is 0 Å². The zero-order chi connectivity index (χ0) is 16.9. The van der Waals surface area contributed by atoms with Crippen molar-refractivity contribution in [2.45, 2.75) is 20.3 Å². The lowest BCUT2D eigenvalue weighted by Crippen LogP contribution is -2.08. The standard InChI is InChI=1S/C22H20O2/c1-3-17-6-10-20(11-7-17)22(23)24-21-14-12-19(13-15-21)18-8-4-16(2)5-9-18/h4-15H,3H2,1-2H3. The SMILES string of the molecule is CCc1ccc(C(=O)Oc2ccc(-c3ccc(C)cc3)cc2)cc1. The molecular formula is C22H20O2. The molecule has 0 saturated carbocycles. The predicted octanol–water partition coefficient (Wildman–Crippen LogP) is 5.44. The van der Waals surface area contributed by atoms with E-state index in [4.69, 9.17) is 4.74 Å². The van der Waals surface area contributed by atoms with Gasteiger partial charge in [-0.3, -0.25) is 0 Å². The largest absolute Gasteiger partial charge is 0.423 e. The third kappa shape index (κ3) is 3.72. The molecule has 120 valence electrons. The van der Waals surface area contributed by atoms with Gasteiger partial charge in [-0.15, -0.1) is 0 Å². The van der Waals surface area contributed by atoms with E-state index in [2.05, 4.69) is 38.1 Å². The highest BCUT2D eigenvalue weighted by Crippen LogP contribution is 2.23. The third-order valence-corrected chi connectivity index (χ3v) is 4.05. The molecule has 2 heteroatoms. The Hall–Kier alpha value is -2.87. The maximum Gasteiger partial charge on any atom is 0.343 e. The first-order valence-corrected chi connectivity index (χ1v) is 8.14. The number of carbonyl (C=O) groups excluding carboxylic acids is 1. The lowest BCUT2D eigenvalue weighted by atomic mass is 10.0. The molecule has 0 amide bonds. The molecule has 0 spiro atoms. The molecule has 0 fully saturated rings. The second-order valence-corrected chi connectivity index (χ2v) is 5.83. The van der Waals surface area contributed by atoms with Gasteiger partial charge in [0.1, 0.15) is 5.75 Å². The first-order chi connectivity index (χ1) is 11.7. The van der Waals surface area contributed by atoms with Crippen LogP contribution in [0, 0.1) is 6.92 Å². The molecule has 0 saturated heterocycles. The first kappa shape index (κ1) is 16.0. The Kier molecular flexibility index (Phi) is 4.76. The van der Waals surface area contributed by atoms with E-state index in [1.54, 1.807) is 0 Å². The third-order valence-electron chi connectivity index (χ3n) is 4.05. The zero-order valence-corrected chi connectivity index (χ0v) is 14.0. The van der Waals surface area contributed by atoms with Crippen LogP contribution in [0.15, 0.2) is 72.8 Å². The van der Waals surface area contributed by atoms with Gasteiger partial charge < -0.3 is 4.74 Å². The summed E-state index contributed by atoms with van der Waals surface area (Å²) in [5.74, 6) is 0.219. The van der Waals surface area contributed by atoms with E-state index in [0.29, 0.717) is 11.3 Å². The number of aryl methyl sites for hydroxylation is 2. The summed E-state index contributed by atoms with van der Waals surface area (Å²) in [7, 11) is 0. The van der Waals surface area contributed by atoms with Crippen LogP contribution in [0.2, 0.25) is 0 Å². The van der Waals surface area contributed by atoms with Gasteiger partial charge in [-0.2, -0.15) is 0 Å². The summed E-state index contributed by atoms with van der Waals surface area (Å²) in [6.45, 7) is 4.16. The van der Waals surface area contributed by atoms with Gasteiger partial charge in [-0.1, -0.05) is 61.0 Å². The van der Waals surface area contributed by atoms with E-state index < -0.39 is 0 Å². The highest BCUT2D eigenvalue weighted by Gasteiger charge is 2.08. The van der Waals surface area contributed by atoms with Crippen molar-refractivity contribution in [1.82, 2.24) is 0 Å². The lowest BCUT2D eigenvalue weighted by molar-refractivity contribution is 0.0735. The van der Waals surface area contributed by atoms with E-state index in [1.807, 2.05) is 48.5 Å². The highest BCUT2D eigenvalue weighted by molar-refractivity contribution is 5.91. The maximum absolute atomic E-state index is 12.2. The number of carbonyl (C=O) groups is 1. The molecule has 0 aliphatic heterocycles. The molecule has 0 aliphatic carbocycles. The molecule has 0 aromatic heterocycles. The van der Waals surface area contributed by atoms with Crippen molar-refractivity contribution in [1.29, 1.82) is 0 Å². The minimum atomic E-state index is -0.333. The van der Waals surface area contributed by atoms with Gasteiger partial charge in [0.05, 0.1) is 5.56 Å². The van der Waals surface area contributed by atoms with Crippen molar-refractivity contribution in [3.8, 4) is 16.9 Å². The van der Waals surface area contributed by atoms with E-state index in [0.717, 1.165) is 17.5 Å². The summed E-state index contributed by atoms with van der Waals surface area (Å²) in [5.41, 5.74) is 5.25. The van der Waals surface area contributed by atoms with Crippen molar-refractivity contribution in [3.05, 3.63) is 89.5 Å². The highest BCUT2D eigenvalue weighted by atomic mass is 16.5. The fourth-order valence-electron chi connectivity index (χ4n) is 2.50. The molecule has 0 aliphatic rings. The number of rotatable bonds is 4. The number of hydrogen-bond acceptors (Lipinski definition) is 2. The zero-order valence-electron chi connectivity index (χ0n) is 14.0. The average molecular weight is 316 g/mol. The van der Waals surface area contributed by atoms with Gasteiger partial charge in [0.25, 0.3) is 0 Å². The number of benzene rings is 3. The van der Waals surface area contributed by atoms with Gasteiger partial charge >= 0.3 is 5.97 Å². The minimum absolute atomic E-state index is 0.333. The number of ether oxygens (including phenoxy) is 1. The van der Waals surface area contributed by atoms with Gasteiger partial charge in [0.15, 0.2) is 0 Å². The minimum Gasteiger partial charge on any atom is -0.423 e. The smallest absolute Gasteiger partial charge is 0.343 e. The summed E-state index contributed by atoms with van der Waals surface area (Å²) in [4.78, 5) is 12.2. The fourth-order valence-corrected chi connectivity index (χ4v) is 2.50. The molecule has 0 radical (unpaired) electrons. The summed E-state index contributed by atoms with van der Waals surface area (Å²) in [5, 5.41) is 0. The van der Waals surface area contributed by atoms with Gasteiger partial charge in [0.2, 0.25) is 0 Å². The summed E-state index contributed by atoms with van der Waals surface area (Å²) in [6.07, 6.45) is 0.954. The Morgan fingerprint density at radius 3 is 1.88 bits per heavy atom. The molecule has 2 nitrogen and oxygen atoms in total. The fraction of sp³-hybridized carbons (Fsp3) is 0.136. The molecule has 3 rings (SSSR count). The van der Waals surface area contributed by atoms with Gasteiger partial charge in [-0.05, 0) is 54.3 Å². The van der Waals surface area contributed by atoms with Crippen molar-refractivity contribution in [2.24, 2.45) is 0 Å². The van der Waals surface area contributed by atoms with Crippen LogP contribution in [0.1, 0.15) is 28.4 Å². The molecular weight excluding hydrogens is 296 g/mol. The lowest BCUT2D eigenvalue weighted by Gasteiger charge is -2.07. The normalized spacial score (nSPS) is 10.4. The molecule has 0 N–H and O–H groups in total. The molecule has 3 aromatic carbocycles. The monoisotopic (exact) mass is 316 g/mol. The van der Waals surface area contributed by atoms with Crippen LogP contribution >= 0.6 is 0 Å². The Balaban J connectivity index is 1.71. The van der Waals surface area contributed by atoms with Gasteiger partial charge in [0, 0.05) is 0 Å². The molecule has 0 unspecified atom stereocenters. The summed E-state index contributed by atoms with van der Waals surface area (Å²) >= 11 is 0. The quantitative estimate of drug-likeness (QED) is 0.473. The van der Waals surface area contributed by atoms with Crippen LogP contribution in [0.4, 0.5) is 0 Å². The second-order valence-electron chi connectivity index (χ2n) is 5.83. The van der Waals surface area contributed by atoms with Crippen molar-refractivity contribution in [3.63, 3.8) is 0 Å². The molecule has 0 atom stereocenters. The Labute approximate surface area is 142 Å². The maximum atomic E-state index is 12.2. The summed E-state index contributed by atoms with van der Waals surface area (Å²) in [6, 6.07) is 23.5. The van der Waals surface area contributed by atoms with E-state index in [9.17, 15) is 4.79 Å². The topological polar surface area (TPSA) is 26.3 Å². The number of hydrogen-bond donors (Lipinski definition) is 0. The van der Waals surface area contributed by atoms with Crippen LogP contribution in [0.3, 0.4) is 0 Å². The Bertz CT molecular complexity index is 813.